The Labute approximate surface area is 171 Å². The number of carbonyl (C=O) groups is 1. The summed E-state index contributed by atoms with van der Waals surface area (Å²) in [5.74, 6) is 0.167. The van der Waals surface area contributed by atoms with Gasteiger partial charge in [0.1, 0.15) is 0 Å². The Kier molecular flexibility index (Phi) is 5.94. The van der Waals surface area contributed by atoms with E-state index in [-0.39, 0.29) is 17.0 Å². The second-order valence-corrected chi connectivity index (χ2v) is 14.7. The number of amides is 1. The van der Waals surface area contributed by atoms with Crippen molar-refractivity contribution in [3.8, 4) is 0 Å². The van der Waals surface area contributed by atoms with Gasteiger partial charge in [0.2, 0.25) is 0 Å². The van der Waals surface area contributed by atoms with Gasteiger partial charge >= 0.3 is 0 Å². The molecule has 0 radical (unpaired) electrons. The molecule has 1 fully saturated rings. The Morgan fingerprint density at radius 1 is 1.00 bits per heavy atom. The molecule has 1 heterocycles. The van der Waals surface area contributed by atoms with Crippen molar-refractivity contribution in [2.45, 2.75) is 57.8 Å². The molecule has 0 saturated carbocycles. The van der Waals surface area contributed by atoms with Gasteiger partial charge in [0.25, 0.3) is 5.91 Å². The molecule has 1 aliphatic heterocycles. The molecule has 1 amide bonds. The fourth-order valence-corrected chi connectivity index (χ4v) is 6.46. The van der Waals surface area contributed by atoms with Gasteiger partial charge in [0, 0.05) is 12.1 Å². The first-order chi connectivity index (χ1) is 13.2. The van der Waals surface area contributed by atoms with E-state index >= 15 is 0 Å². The van der Waals surface area contributed by atoms with Crippen LogP contribution in [0.15, 0.2) is 65.9 Å². The third-order valence-corrected chi connectivity index (χ3v) is 12.3. The largest absolute Gasteiger partial charge is 0.332 e. The lowest BCUT2D eigenvalue weighted by Crippen LogP contribution is -2.48. The fourth-order valence-electron chi connectivity index (χ4n) is 3.93. The van der Waals surface area contributed by atoms with E-state index in [1.54, 1.807) is 0 Å². The van der Waals surface area contributed by atoms with Crippen molar-refractivity contribution in [2.24, 2.45) is 0 Å². The first-order valence-electron chi connectivity index (χ1n) is 10.3. The second kappa shape index (κ2) is 8.08. The highest BCUT2D eigenvalue weighted by Crippen LogP contribution is 2.45. The summed E-state index contributed by atoms with van der Waals surface area (Å²) in [4.78, 5) is 15.4. The monoisotopic (exact) mass is 391 g/mol. The molecule has 28 heavy (non-hydrogen) atoms. The first-order valence-corrected chi connectivity index (χ1v) is 13.3. The smallest absolute Gasteiger partial charge is 0.254 e. The number of benzene rings is 2. The van der Waals surface area contributed by atoms with Crippen molar-refractivity contribution in [3.63, 3.8) is 0 Å². The van der Waals surface area contributed by atoms with Gasteiger partial charge in [0.05, 0.1) is 14.1 Å². The van der Waals surface area contributed by atoms with Crippen LogP contribution < -0.4 is 0 Å². The van der Waals surface area contributed by atoms with E-state index in [1.807, 2.05) is 30.3 Å². The molecule has 3 rings (SSSR count). The molecule has 1 saturated heterocycles. The van der Waals surface area contributed by atoms with Crippen LogP contribution >= 0.6 is 0 Å². The highest BCUT2D eigenvalue weighted by molar-refractivity contribution is 6.87. The molecule has 2 aromatic carbocycles. The molecule has 1 atom stereocenters. The standard InChI is InChI=1S/C25H33NOSi/c1-25(2,3)28(4,5)23(19-20-13-8-6-9-14-20)22-17-12-18-26(22)24(27)21-15-10-7-11-16-21/h6-11,13-16,19,22H,12,17-18H2,1-5H3. The van der Waals surface area contributed by atoms with Crippen LogP contribution in [0.5, 0.6) is 0 Å². The lowest BCUT2D eigenvalue weighted by atomic mass is 10.1. The topological polar surface area (TPSA) is 20.3 Å². The second-order valence-electron chi connectivity index (χ2n) is 9.41. The van der Waals surface area contributed by atoms with Crippen LogP contribution in [0.4, 0.5) is 0 Å². The van der Waals surface area contributed by atoms with Gasteiger partial charge in [-0.05, 0) is 35.6 Å². The van der Waals surface area contributed by atoms with Gasteiger partial charge in [-0.15, -0.1) is 0 Å². The normalized spacial score (nSPS) is 18.4. The van der Waals surface area contributed by atoms with E-state index in [0.717, 1.165) is 24.9 Å². The van der Waals surface area contributed by atoms with Crippen molar-refractivity contribution in [3.05, 3.63) is 77.0 Å². The molecular weight excluding hydrogens is 358 g/mol. The highest BCUT2D eigenvalue weighted by Gasteiger charge is 2.44. The Morgan fingerprint density at radius 2 is 1.57 bits per heavy atom. The average molecular weight is 392 g/mol. The maximum absolute atomic E-state index is 13.3. The van der Waals surface area contributed by atoms with E-state index in [4.69, 9.17) is 0 Å². The Hall–Kier alpha value is -2.13. The summed E-state index contributed by atoms with van der Waals surface area (Å²) in [5.41, 5.74) is 2.03. The van der Waals surface area contributed by atoms with Crippen LogP contribution in [0.25, 0.3) is 6.08 Å². The summed E-state index contributed by atoms with van der Waals surface area (Å²) in [6, 6.07) is 20.5. The van der Waals surface area contributed by atoms with Gasteiger partial charge in [0.15, 0.2) is 0 Å². The quantitative estimate of drug-likeness (QED) is 0.550. The van der Waals surface area contributed by atoms with Gasteiger partial charge in [-0.3, -0.25) is 4.79 Å². The molecule has 0 aliphatic carbocycles. The Morgan fingerprint density at radius 3 is 2.14 bits per heavy atom. The van der Waals surface area contributed by atoms with Crippen molar-refractivity contribution >= 4 is 20.1 Å². The van der Waals surface area contributed by atoms with Crippen LogP contribution in [0.2, 0.25) is 18.1 Å². The third kappa shape index (κ3) is 4.15. The molecule has 0 spiro atoms. The predicted octanol–water partition coefficient (Wildman–Crippen LogP) is 6.42. The Balaban J connectivity index is 2.04. The maximum atomic E-state index is 13.3. The molecule has 1 unspecified atom stereocenters. The highest BCUT2D eigenvalue weighted by atomic mass is 28.3. The van der Waals surface area contributed by atoms with Gasteiger partial charge in [-0.1, -0.05) is 93.7 Å². The van der Waals surface area contributed by atoms with Gasteiger partial charge in [-0.25, -0.2) is 0 Å². The van der Waals surface area contributed by atoms with Crippen LogP contribution in [-0.4, -0.2) is 31.5 Å². The zero-order valence-electron chi connectivity index (χ0n) is 17.9. The molecule has 3 heteroatoms. The molecule has 148 valence electrons. The maximum Gasteiger partial charge on any atom is 0.254 e. The Bertz CT molecular complexity index is 834. The number of hydrogen-bond acceptors (Lipinski definition) is 1. The minimum absolute atomic E-state index is 0.167. The lowest BCUT2D eigenvalue weighted by Gasteiger charge is -2.43. The SMILES string of the molecule is CC(C)(C)[Si](C)(C)C(=Cc1ccccc1)C1CCCN1C(=O)c1ccccc1. The van der Waals surface area contributed by atoms with Crippen LogP contribution in [0, 0.1) is 0 Å². The number of likely N-dealkylation sites (tertiary alicyclic amines) is 1. The summed E-state index contributed by atoms with van der Waals surface area (Å²) in [5, 5.41) is 1.71. The van der Waals surface area contributed by atoms with Gasteiger partial charge in [-0.2, -0.15) is 0 Å². The summed E-state index contributed by atoms with van der Waals surface area (Å²) in [6.45, 7) is 12.8. The van der Waals surface area contributed by atoms with Crippen molar-refractivity contribution in [2.75, 3.05) is 6.54 Å². The van der Waals surface area contributed by atoms with E-state index in [9.17, 15) is 4.79 Å². The molecule has 2 aromatic rings. The zero-order valence-corrected chi connectivity index (χ0v) is 18.9. The number of carbonyl (C=O) groups excluding carboxylic acids is 1. The summed E-state index contributed by atoms with van der Waals surface area (Å²) >= 11 is 0. The van der Waals surface area contributed by atoms with E-state index in [1.165, 1.54) is 10.8 Å². The van der Waals surface area contributed by atoms with Crippen LogP contribution in [0.3, 0.4) is 0 Å². The summed E-state index contributed by atoms with van der Waals surface area (Å²) < 4.78 is 0. The molecule has 1 aliphatic rings. The first kappa shape index (κ1) is 20.6. The summed E-state index contributed by atoms with van der Waals surface area (Å²) in [6.07, 6.45) is 4.52. The number of nitrogens with zero attached hydrogens (tertiary/aromatic N) is 1. The van der Waals surface area contributed by atoms with Crippen molar-refractivity contribution in [1.82, 2.24) is 4.90 Å². The predicted molar refractivity (Wildman–Crippen MR) is 122 cm³/mol. The van der Waals surface area contributed by atoms with Crippen LogP contribution in [0.1, 0.15) is 49.5 Å². The molecule has 2 nitrogen and oxygen atoms in total. The lowest BCUT2D eigenvalue weighted by molar-refractivity contribution is 0.0759. The van der Waals surface area contributed by atoms with Crippen molar-refractivity contribution in [1.29, 1.82) is 0 Å². The van der Waals surface area contributed by atoms with E-state index in [2.05, 4.69) is 75.2 Å². The third-order valence-electron chi connectivity index (χ3n) is 6.61. The molecule has 0 N–H and O–H groups in total. The summed E-state index contributed by atoms with van der Waals surface area (Å²) in [7, 11) is -1.80. The minimum Gasteiger partial charge on any atom is -0.332 e. The molecule has 0 aromatic heterocycles. The number of hydrogen-bond donors (Lipinski definition) is 0. The van der Waals surface area contributed by atoms with E-state index in [0.29, 0.717) is 0 Å². The van der Waals surface area contributed by atoms with Crippen molar-refractivity contribution < 1.29 is 4.79 Å². The number of rotatable bonds is 4. The minimum atomic E-state index is -1.80. The van der Waals surface area contributed by atoms with Crippen LogP contribution in [-0.2, 0) is 0 Å². The van der Waals surface area contributed by atoms with Gasteiger partial charge < -0.3 is 4.90 Å². The fraction of sp³-hybridized carbons (Fsp3) is 0.400. The average Bonchev–Trinajstić information content (AvgIpc) is 3.15. The molecule has 0 bridgehead atoms. The van der Waals surface area contributed by atoms with E-state index < -0.39 is 8.07 Å². The zero-order chi connectivity index (χ0) is 20.4. The molecular formula is C25H33NOSi.